The van der Waals surface area contributed by atoms with E-state index in [9.17, 15) is 22.0 Å². The van der Waals surface area contributed by atoms with Crippen molar-refractivity contribution in [1.29, 1.82) is 0 Å². The summed E-state index contributed by atoms with van der Waals surface area (Å²) in [5, 5.41) is 8.53. The molecule has 0 unspecified atom stereocenters. The summed E-state index contributed by atoms with van der Waals surface area (Å²) in [5.41, 5.74) is 0.0185. The minimum atomic E-state index is -4.01. The molecule has 1 aromatic rings. The van der Waals surface area contributed by atoms with E-state index in [0.29, 0.717) is 0 Å². The van der Waals surface area contributed by atoms with Gasteiger partial charge in [-0.15, -0.1) is 0 Å². The summed E-state index contributed by atoms with van der Waals surface area (Å²) in [6.07, 6.45) is -0.356. The molecule has 0 aromatic heterocycles. The molecule has 1 aromatic carbocycles. The van der Waals surface area contributed by atoms with Crippen molar-refractivity contribution in [3.05, 3.63) is 24.3 Å². The fraction of sp³-hybridized carbons (Fsp3) is 0.364. The maximum absolute atomic E-state index is 12.4. The predicted molar refractivity (Wildman–Crippen MR) is 75.7 cm³/mol. The second kappa shape index (κ2) is 7.57. The Morgan fingerprint density at radius 1 is 1.43 bits per heavy atom. The van der Waals surface area contributed by atoms with Crippen molar-refractivity contribution in [2.45, 2.75) is 17.1 Å². The van der Waals surface area contributed by atoms with E-state index in [0.717, 1.165) is 4.31 Å². The van der Waals surface area contributed by atoms with Gasteiger partial charge in [0.15, 0.2) is 0 Å². The Balaban J connectivity index is 2.86. The highest BCUT2D eigenvalue weighted by molar-refractivity contribution is 7.99. The second-order valence-corrected chi connectivity index (χ2v) is 6.76. The summed E-state index contributed by atoms with van der Waals surface area (Å²) in [7, 11) is -2.80. The molecular formula is C11H14F2N2O4S2. The number of nitrogens with one attached hydrogen (secondary N) is 1. The lowest BCUT2D eigenvalue weighted by Gasteiger charge is -2.18. The van der Waals surface area contributed by atoms with Crippen LogP contribution in [0.5, 0.6) is 0 Å². The molecule has 0 bridgehead atoms. The number of carboxylic acid groups (broad SMARTS) is 1. The van der Waals surface area contributed by atoms with Crippen LogP contribution in [0.3, 0.4) is 0 Å². The Kier molecular flexibility index (Phi) is 6.37. The van der Waals surface area contributed by atoms with E-state index in [1.54, 1.807) is 0 Å². The van der Waals surface area contributed by atoms with Crippen LogP contribution < -0.4 is 4.72 Å². The molecule has 0 aliphatic heterocycles. The smallest absolute Gasteiger partial charge is 0.304 e. The third-order valence-corrected chi connectivity index (χ3v) is 4.66. The van der Waals surface area contributed by atoms with E-state index < -0.39 is 21.9 Å². The largest absolute Gasteiger partial charge is 0.481 e. The molecule has 21 heavy (non-hydrogen) atoms. The van der Waals surface area contributed by atoms with E-state index in [2.05, 4.69) is 4.72 Å². The van der Waals surface area contributed by atoms with Crippen molar-refractivity contribution in [2.75, 3.05) is 18.3 Å². The number of hydrogen-bond acceptors (Lipinski definition) is 4. The van der Waals surface area contributed by atoms with Crippen molar-refractivity contribution in [3.63, 3.8) is 0 Å². The third kappa shape index (κ3) is 5.86. The summed E-state index contributed by atoms with van der Waals surface area (Å²) in [5.74, 6) is -3.81. The van der Waals surface area contributed by atoms with Crippen molar-refractivity contribution in [2.24, 2.45) is 0 Å². The zero-order valence-electron chi connectivity index (χ0n) is 11.0. The normalized spacial score (nSPS) is 11.9. The summed E-state index contributed by atoms with van der Waals surface area (Å²) in [6, 6.07) is 5.74. The quantitative estimate of drug-likeness (QED) is 0.708. The van der Waals surface area contributed by atoms with Gasteiger partial charge < -0.3 is 5.11 Å². The Hall–Kier alpha value is -1.39. The van der Waals surface area contributed by atoms with Crippen LogP contribution in [0.1, 0.15) is 6.42 Å². The van der Waals surface area contributed by atoms with Gasteiger partial charge in [-0.25, -0.2) is 0 Å². The SMILES string of the molecule is CN(CCC(=O)O)S(=O)(=O)Nc1ccccc1SC(F)F. The summed E-state index contributed by atoms with van der Waals surface area (Å²) in [6.45, 7) is -0.227. The van der Waals surface area contributed by atoms with Gasteiger partial charge in [0, 0.05) is 18.5 Å². The number of alkyl halides is 2. The number of anilines is 1. The van der Waals surface area contributed by atoms with Crippen molar-refractivity contribution < 1.29 is 27.1 Å². The van der Waals surface area contributed by atoms with Crippen LogP contribution in [0.4, 0.5) is 14.5 Å². The number of carbonyl (C=O) groups is 1. The van der Waals surface area contributed by atoms with E-state index in [4.69, 9.17) is 5.11 Å². The van der Waals surface area contributed by atoms with Crippen LogP contribution >= 0.6 is 11.8 Å². The summed E-state index contributed by atoms with van der Waals surface area (Å²) < 4.78 is 51.8. The van der Waals surface area contributed by atoms with Crippen LogP contribution in [0.25, 0.3) is 0 Å². The maximum atomic E-state index is 12.4. The Bertz CT molecular complexity index is 596. The van der Waals surface area contributed by atoms with Gasteiger partial charge in [0.1, 0.15) is 0 Å². The lowest BCUT2D eigenvalue weighted by molar-refractivity contribution is -0.137. The first kappa shape index (κ1) is 17.7. The lowest BCUT2D eigenvalue weighted by atomic mass is 10.3. The average Bonchev–Trinajstić information content (AvgIpc) is 2.37. The minimum absolute atomic E-state index is 0.0185. The van der Waals surface area contributed by atoms with Crippen LogP contribution in [-0.2, 0) is 15.0 Å². The molecule has 0 fully saturated rings. The first-order valence-electron chi connectivity index (χ1n) is 5.72. The number of hydrogen-bond donors (Lipinski definition) is 2. The summed E-state index contributed by atoms with van der Waals surface area (Å²) in [4.78, 5) is 10.5. The molecule has 0 amide bonds. The van der Waals surface area contributed by atoms with E-state index in [1.165, 1.54) is 31.3 Å². The topological polar surface area (TPSA) is 86.7 Å². The van der Waals surface area contributed by atoms with Gasteiger partial charge in [-0.1, -0.05) is 23.9 Å². The van der Waals surface area contributed by atoms with Crippen molar-refractivity contribution in [3.8, 4) is 0 Å². The van der Waals surface area contributed by atoms with Gasteiger partial charge in [-0.3, -0.25) is 9.52 Å². The molecular weight excluding hydrogens is 326 g/mol. The molecule has 1 rings (SSSR count). The molecule has 0 heterocycles. The number of para-hydroxylation sites is 1. The number of rotatable bonds is 8. The van der Waals surface area contributed by atoms with Gasteiger partial charge in [0.05, 0.1) is 12.1 Å². The first-order chi connectivity index (χ1) is 9.72. The monoisotopic (exact) mass is 340 g/mol. The molecule has 0 aliphatic rings. The summed E-state index contributed by atoms with van der Waals surface area (Å²) >= 11 is 0.223. The van der Waals surface area contributed by atoms with Crippen molar-refractivity contribution >= 4 is 33.6 Å². The van der Waals surface area contributed by atoms with Gasteiger partial charge >= 0.3 is 16.2 Å². The lowest BCUT2D eigenvalue weighted by Crippen LogP contribution is -2.34. The van der Waals surface area contributed by atoms with Crippen LogP contribution in [0, 0.1) is 0 Å². The zero-order valence-corrected chi connectivity index (χ0v) is 12.6. The molecule has 0 radical (unpaired) electrons. The molecule has 0 saturated carbocycles. The fourth-order valence-corrected chi connectivity index (χ4v) is 2.94. The van der Waals surface area contributed by atoms with E-state index in [-0.39, 0.29) is 35.3 Å². The maximum Gasteiger partial charge on any atom is 0.304 e. The van der Waals surface area contributed by atoms with E-state index >= 15 is 0 Å². The Morgan fingerprint density at radius 2 is 2.05 bits per heavy atom. The molecule has 0 atom stereocenters. The zero-order chi connectivity index (χ0) is 16.0. The first-order valence-corrected chi connectivity index (χ1v) is 8.04. The molecule has 0 spiro atoms. The van der Waals surface area contributed by atoms with E-state index in [1.807, 2.05) is 0 Å². The number of aliphatic carboxylic acids is 1. The van der Waals surface area contributed by atoms with Crippen LogP contribution in [-0.4, -0.2) is 43.1 Å². The van der Waals surface area contributed by atoms with Gasteiger partial charge in [0.25, 0.3) is 5.76 Å². The standard InChI is InChI=1S/C11H14F2N2O4S2/c1-15(7-6-10(16)17)21(18,19)14-8-4-2-3-5-9(8)20-11(12)13/h2-5,11,14H,6-7H2,1H3,(H,16,17). The molecule has 2 N–H and O–H groups in total. The van der Waals surface area contributed by atoms with Gasteiger partial charge in [-0.05, 0) is 12.1 Å². The average molecular weight is 340 g/mol. The van der Waals surface area contributed by atoms with Crippen LogP contribution in [0.2, 0.25) is 0 Å². The highest BCUT2D eigenvalue weighted by Crippen LogP contribution is 2.32. The molecule has 118 valence electrons. The number of benzene rings is 1. The number of carboxylic acids is 1. The van der Waals surface area contributed by atoms with Gasteiger partial charge in [0.2, 0.25) is 0 Å². The van der Waals surface area contributed by atoms with Crippen molar-refractivity contribution in [1.82, 2.24) is 4.31 Å². The number of thioether (sulfide) groups is 1. The number of nitrogens with zero attached hydrogens (tertiary/aromatic N) is 1. The molecule has 6 nitrogen and oxygen atoms in total. The highest BCUT2D eigenvalue weighted by Gasteiger charge is 2.20. The van der Waals surface area contributed by atoms with Gasteiger partial charge in [-0.2, -0.15) is 21.5 Å². The third-order valence-electron chi connectivity index (χ3n) is 2.39. The van der Waals surface area contributed by atoms with Crippen LogP contribution in [0.15, 0.2) is 29.2 Å². The fourth-order valence-electron chi connectivity index (χ4n) is 1.34. The Morgan fingerprint density at radius 3 is 2.62 bits per heavy atom. The predicted octanol–water partition coefficient (Wildman–Crippen LogP) is 2.06. The molecule has 0 aliphatic carbocycles. The highest BCUT2D eigenvalue weighted by atomic mass is 32.2. The Labute approximate surface area is 125 Å². The number of halogens is 2. The second-order valence-electron chi connectivity index (χ2n) is 3.95. The molecule has 0 saturated heterocycles. The molecule has 10 heteroatoms. The minimum Gasteiger partial charge on any atom is -0.481 e.